The second-order valence-corrected chi connectivity index (χ2v) is 8.39. The van der Waals surface area contributed by atoms with Crippen molar-refractivity contribution in [2.24, 2.45) is 0 Å². The van der Waals surface area contributed by atoms with Crippen LogP contribution in [0.15, 0.2) is 48.5 Å². The van der Waals surface area contributed by atoms with E-state index >= 15 is 0 Å². The number of benzene rings is 2. The maximum atomic E-state index is 12.8. The van der Waals surface area contributed by atoms with Crippen LogP contribution in [0.4, 0.5) is 10.5 Å². The van der Waals surface area contributed by atoms with E-state index in [4.69, 9.17) is 14.0 Å². The molecule has 2 aliphatic rings. The molecule has 1 saturated heterocycles. The Bertz CT molecular complexity index is 865. The third-order valence-corrected chi connectivity index (χ3v) is 5.96. The molecule has 0 saturated carbocycles. The van der Waals surface area contributed by atoms with Gasteiger partial charge in [-0.3, -0.25) is 4.90 Å². The zero-order valence-electron chi connectivity index (χ0n) is 16.9. The number of fused-ring (bicyclic) bond motifs is 1. The number of hydrogen-bond donors (Lipinski definition) is 0. The lowest BCUT2D eigenvalue weighted by atomic mass is 9.77. The number of ether oxygens (including phenoxy) is 1. The SMILES string of the molecule is CC1(C)OB(c2cccc3c2N(C(=O)OCc2ccccc2)CC3)OC1(C)C. The molecule has 2 aliphatic heterocycles. The highest BCUT2D eigenvalue weighted by Gasteiger charge is 2.53. The van der Waals surface area contributed by atoms with Crippen LogP contribution in [-0.4, -0.2) is 31.0 Å². The molecule has 0 aromatic heterocycles. The Balaban J connectivity index is 1.57. The summed E-state index contributed by atoms with van der Waals surface area (Å²) >= 11 is 0. The van der Waals surface area contributed by atoms with Crippen LogP contribution >= 0.6 is 0 Å². The predicted molar refractivity (Wildman–Crippen MR) is 110 cm³/mol. The van der Waals surface area contributed by atoms with E-state index in [9.17, 15) is 4.79 Å². The highest BCUT2D eigenvalue weighted by Crippen LogP contribution is 2.38. The van der Waals surface area contributed by atoms with Crippen LogP contribution < -0.4 is 10.4 Å². The van der Waals surface area contributed by atoms with E-state index in [0.29, 0.717) is 6.54 Å². The van der Waals surface area contributed by atoms with Gasteiger partial charge in [-0.05, 0) is 45.2 Å². The molecule has 2 heterocycles. The molecule has 6 heteroatoms. The van der Waals surface area contributed by atoms with Gasteiger partial charge in [-0.25, -0.2) is 4.79 Å². The van der Waals surface area contributed by atoms with Crippen molar-refractivity contribution in [3.8, 4) is 0 Å². The fourth-order valence-electron chi connectivity index (χ4n) is 3.63. The van der Waals surface area contributed by atoms with Crippen molar-refractivity contribution in [2.75, 3.05) is 11.4 Å². The minimum Gasteiger partial charge on any atom is -0.444 e. The van der Waals surface area contributed by atoms with Gasteiger partial charge in [0, 0.05) is 12.0 Å². The first kappa shape index (κ1) is 19.0. The lowest BCUT2D eigenvalue weighted by Gasteiger charge is -2.32. The molecule has 0 N–H and O–H groups in total. The van der Waals surface area contributed by atoms with E-state index < -0.39 is 18.3 Å². The Labute approximate surface area is 166 Å². The first-order valence-corrected chi connectivity index (χ1v) is 9.74. The number of nitrogens with zero attached hydrogens (tertiary/aromatic N) is 1. The predicted octanol–water partition coefficient (Wildman–Crippen LogP) is 3.69. The molecule has 0 radical (unpaired) electrons. The molecule has 1 amide bonds. The lowest BCUT2D eigenvalue weighted by molar-refractivity contribution is 0.00578. The van der Waals surface area contributed by atoms with Gasteiger partial charge in [0.15, 0.2) is 0 Å². The van der Waals surface area contributed by atoms with Gasteiger partial charge in [-0.1, -0.05) is 48.5 Å². The molecule has 146 valence electrons. The standard InChI is InChI=1S/C22H26BNO4/c1-21(2)22(3,4)28-23(27-21)18-12-8-11-17-13-14-24(19(17)18)20(25)26-15-16-9-6-5-7-10-16/h5-12H,13-15H2,1-4H3. The van der Waals surface area contributed by atoms with E-state index in [1.54, 1.807) is 4.90 Å². The van der Waals surface area contributed by atoms with Crippen LogP contribution in [0.2, 0.25) is 0 Å². The quantitative estimate of drug-likeness (QED) is 0.764. The van der Waals surface area contributed by atoms with Gasteiger partial charge in [0.2, 0.25) is 0 Å². The Kier molecular flexibility index (Phi) is 4.72. The molecule has 0 atom stereocenters. The van der Waals surface area contributed by atoms with Crippen LogP contribution in [-0.2, 0) is 27.1 Å². The number of para-hydroxylation sites is 1. The summed E-state index contributed by atoms with van der Waals surface area (Å²) in [5.41, 5.74) is 2.96. The Morgan fingerprint density at radius 2 is 1.71 bits per heavy atom. The smallest absolute Gasteiger partial charge is 0.444 e. The Hall–Kier alpha value is -2.31. The van der Waals surface area contributed by atoms with E-state index in [-0.39, 0.29) is 12.7 Å². The molecule has 5 nitrogen and oxygen atoms in total. The average Bonchev–Trinajstić information content (AvgIpc) is 3.18. The summed E-state index contributed by atoms with van der Waals surface area (Å²) in [5.74, 6) is 0. The third kappa shape index (κ3) is 3.31. The van der Waals surface area contributed by atoms with Crippen LogP contribution in [0.3, 0.4) is 0 Å². The van der Waals surface area contributed by atoms with Crippen LogP contribution in [0.25, 0.3) is 0 Å². The van der Waals surface area contributed by atoms with E-state index in [0.717, 1.165) is 28.7 Å². The summed E-state index contributed by atoms with van der Waals surface area (Å²) in [6.07, 6.45) is 0.454. The zero-order valence-corrected chi connectivity index (χ0v) is 16.9. The second-order valence-electron chi connectivity index (χ2n) is 8.39. The molecule has 0 bridgehead atoms. The minimum atomic E-state index is -0.512. The molecule has 0 spiro atoms. The van der Waals surface area contributed by atoms with E-state index in [1.807, 2.05) is 70.2 Å². The maximum Gasteiger partial charge on any atom is 0.496 e. The lowest BCUT2D eigenvalue weighted by Crippen LogP contribution is -2.41. The van der Waals surface area contributed by atoms with Gasteiger partial charge in [0.1, 0.15) is 6.61 Å². The summed E-state index contributed by atoms with van der Waals surface area (Å²) in [6, 6.07) is 15.7. The molecule has 1 fully saturated rings. The summed E-state index contributed by atoms with van der Waals surface area (Å²) in [4.78, 5) is 14.5. The van der Waals surface area contributed by atoms with Gasteiger partial charge in [0.05, 0.1) is 16.9 Å². The van der Waals surface area contributed by atoms with Gasteiger partial charge in [-0.2, -0.15) is 0 Å². The van der Waals surface area contributed by atoms with E-state index in [2.05, 4.69) is 6.07 Å². The molecule has 4 rings (SSSR count). The Morgan fingerprint density at radius 3 is 2.39 bits per heavy atom. The monoisotopic (exact) mass is 379 g/mol. The van der Waals surface area contributed by atoms with Gasteiger partial charge in [-0.15, -0.1) is 0 Å². The van der Waals surface area contributed by atoms with Crippen LogP contribution in [0.1, 0.15) is 38.8 Å². The molecule has 28 heavy (non-hydrogen) atoms. The van der Waals surface area contributed by atoms with Crippen molar-refractivity contribution in [3.05, 3.63) is 59.7 Å². The van der Waals surface area contributed by atoms with Crippen molar-refractivity contribution in [1.29, 1.82) is 0 Å². The molecule has 2 aromatic carbocycles. The van der Waals surface area contributed by atoms with Crippen LogP contribution in [0, 0.1) is 0 Å². The summed E-state index contributed by atoms with van der Waals surface area (Å²) < 4.78 is 18.0. The number of amides is 1. The number of rotatable bonds is 3. The zero-order chi connectivity index (χ0) is 19.9. The van der Waals surface area contributed by atoms with Crippen molar-refractivity contribution < 1.29 is 18.8 Å². The highest BCUT2D eigenvalue weighted by molar-refractivity contribution is 6.64. The number of carbonyl (C=O) groups is 1. The van der Waals surface area contributed by atoms with E-state index in [1.165, 1.54) is 0 Å². The summed E-state index contributed by atoms with van der Waals surface area (Å²) in [5, 5.41) is 0. The minimum absolute atomic E-state index is 0.254. The number of hydrogen-bond acceptors (Lipinski definition) is 4. The number of carbonyl (C=O) groups excluding carboxylic acids is 1. The van der Waals surface area contributed by atoms with Crippen molar-refractivity contribution in [3.63, 3.8) is 0 Å². The molecular formula is C22H26BNO4. The van der Waals surface area contributed by atoms with Gasteiger partial charge in [0.25, 0.3) is 0 Å². The largest absolute Gasteiger partial charge is 0.496 e. The summed E-state index contributed by atoms with van der Waals surface area (Å²) in [6.45, 7) is 8.97. The third-order valence-electron chi connectivity index (χ3n) is 5.96. The molecule has 2 aromatic rings. The maximum absolute atomic E-state index is 12.8. The first-order valence-electron chi connectivity index (χ1n) is 9.74. The molecular weight excluding hydrogens is 353 g/mol. The van der Waals surface area contributed by atoms with Crippen molar-refractivity contribution in [1.82, 2.24) is 0 Å². The average molecular weight is 379 g/mol. The Morgan fingerprint density at radius 1 is 1.04 bits per heavy atom. The normalized spacial score (nSPS) is 19.6. The summed E-state index contributed by atoms with van der Waals surface area (Å²) in [7, 11) is -0.512. The number of anilines is 1. The fourth-order valence-corrected chi connectivity index (χ4v) is 3.63. The van der Waals surface area contributed by atoms with Crippen molar-refractivity contribution >= 4 is 24.4 Å². The van der Waals surface area contributed by atoms with Gasteiger partial charge >= 0.3 is 13.2 Å². The van der Waals surface area contributed by atoms with Gasteiger partial charge < -0.3 is 14.0 Å². The second kappa shape index (κ2) is 6.94. The topological polar surface area (TPSA) is 48.0 Å². The molecule has 0 unspecified atom stereocenters. The van der Waals surface area contributed by atoms with Crippen LogP contribution in [0.5, 0.6) is 0 Å². The molecule has 0 aliphatic carbocycles. The highest BCUT2D eigenvalue weighted by atomic mass is 16.7. The first-order chi connectivity index (χ1) is 13.3. The fraction of sp³-hybridized carbons (Fsp3) is 0.409. The van der Waals surface area contributed by atoms with Crippen molar-refractivity contribution in [2.45, 2.75) is 51.9 Å².